The first-order valence-corrected chi connectivity index (χ1v) is 6.12. The normalized spacial score (nSPS) is 11.2. The number of pyridine rings is 1. The molecule has 0 aliphatic heterocycles. The summed E-state index contributed by atoms with van der Waals surface area (Å²) in [6, 6.07) is 9.19. The minimum atomic E-state index is -4.46. The van der Waals surface area contributed by atoms with Crippen molar-refractivity contribution in [1.29, 1.82) is 0 Å². The lowest BCUT2D eigenvalue weighted by molar-refractivity contribution is -0.138. The maximum absolute atomic E-state index is 12.8. The molecule has 0 aliphatic carbocycles. The first kappa shape index (κ1) is 15.1. The Morgan fingerprint density at radius 1 is 1.05 bits per heavy atom. The molecule has 1 N–H and O–H groups in total. The zero-order chi connectivity index (χ0) is 15.3. The number of halogens is 4. The summed E-state index contributed by atoms with van der Waals surface area (Å²) in [6.45, 7) is 0.188. The Bertz CT molecular complexity index is 602. The molecule has 21 heavy (non-hydrogen) atoms. The van der Waals surface area contributed by atoms with Crippen LogP contribution in [0.4, 0.5) is 23.4 Å². The van der Waals surface area contributed by atoms with Crippen LogP contribution in [-0.2, 0) is 6.18 Å². The number of ether oxygens (including phenoxy) is 1. The summed E-state index contributed by atoms with van der Waals surface area (Å²) in [5.41, 5.74) is -0.825. The predicted molar refractivity (Wildman–Crippen MR) is 69.6 cm³/mol. The van der Waals surface area contributed by atoms with Crippen LogP contribution in [0.2, 0.25) is 0 Å². The molecular formula is C14H12F4N2O. The smallest absolute Gasteiger partial charge is 0.419 e. The molecule has 0 unspecified atom stereocenters. The number of benzene rings is 1. The van der Waals surface area contributed by atoms with E-state index in [2.05, 4.69) is 10.3 Å². The van der Waals surface area contributed by atoms with Crippen LogP contribution in [0.25, 0.3) is 0 Å². The first-order chi connectivity index (χ1) is 9.97. The minimum absolute atomic E-state index is 0.00864. The molecule has 0 saturated heterocycles. The Morgan fingerprint density at radius 3 is 2.52 bits per heavy atom. The molecule has 0 spiro atoms. The summed E-state index contributed by atoms with van der Waals surface area (Å²) in [4.78, 5) is 3.56. The van der Waals surface area contributed by atoms with Crippen molar-refractivity contribution in [3.05, 3.63) is 54.0 Å². The average molecular weight is 300 g/mol. The third-order valence-electron chi connectivity index (χ3n) is 2.57. The maximum atomic E-state index is 12.8. The van der Waals surface area contributed by atoms with Gasteiger partial charge in [0.15, 0.2) is 0 Å². The predicted octanol–water partition coefficient (Wildman–Crippen LogP) is 3.73. The monoisotopic (exact) mass is 300 g/mol. The van der Waals surface area contributed by atoms with Crippen LogP contribution in [0.5, 0.6) is 5.75 Å². The topological polar surface area (TPSA) is 34.1 Å². The van der Waals surface area contributed by atoms with Gasteiger partial charge in [0.25, 0.3) is 0 Å². The van der Waals surface area contributed by atoms with Gasteiger partial charge in [-0.25, -0.2) is 4.98 Å². The molecule has 0 amide bonds. The Labute approximate surface area is 118 Å². The highest BCUT2D eigenvalue weighted by molar-refractivity contribution is 5.36. The van der Waals surface area contributed by atoms with Gasteiger partial charge in [0.05, 0.1) is 12.1 Å². The fourth-order valence-corrected chi connectivity index (χ4v) is 1.67. The number of nitrogens with zero attached hydrogens (tertiary/aromatic N) is 1. The van der Waals surface area contributed by atoms with Crippen molar-refractivity contribution < 1.29 is 22.3 Å². The Kier molecular flexibility index (Phi) is 4.62. The van der Waals surface area contributed by atoms with Crippen molar-refractivity contribution in [3.8, 4) is 5.75 Å². The molecule has 0 aliphatic rings. The average Bonchev–Trinajstić information content (AvgIpc) is 2.43. The highest BCUT2D eigenvalue weighted by Gasteiger charge is 2.33. The first-order valence-electron chi connectivity index (χ1n) is 6.12. The Hall–Kier alpha value is -2.31. The minimum Gasteiger partial charge on any atom is -0.491 e. The number of nitrogens with one attached hydrogen (secondary N) is 1. The van der Waals surface area contributed by atoms with Crippen molar-refractivity contribution >= 4 is 5.82 Å². The van der Waals surface area contributed by atoms with Gasteiger partial charge in [-0.1, -0.05) is 18.2 Å². The second-order valence-corrected chi connectivity index (χ2v) is 4.11. The Morgan fingerprint density at radius 2 is 1.81 bits per heavy atom. The fourth-order valence-electron chi connectivity index (χ4n) is 1.67. The van der Waals surface area contributed by atoms with Crippen LogP contribution in [-0.4, -0.2) is 18.1 Å². The molecule has 1 heterocycles. The number of aromatic nitrogens is 1. The van der Waals surface area contributed by atoms with E-state index < -0.39 is 17.7 Å². The summed E-state index contributed by atoms with van der Waals surface area (Å²) >= 11 is 0. The lowest BCUT2D eigenvalue weighted by Crippen LogP contribution is -2.15. The largest absolute Gasteiger partial charge is 0.491 e. The molecule has 0 fully saturated rings. The van der Waals surface area contributed by atoms with Crippen LogP contribution < -0.4 is 10.1 Å². The van der Waals surface area contributed by atoms with Crippen molar-refractivity contribution in [2.24, 2.45) is 0 Å². The standard InChI is InChI=1S/C14H12F4N2O/c15-12-6-3-7-13(20-12)19-8-9-21-11-5-2-1-4-10(11)14(16,17)18/h1-7H,8-9H2,(H,19,20). The van der Waals surface area contributed by atoms with Crippen LogP contribution in [0, 0.1) is 5.95 Å². The van der Waals surface area contributed by atoms with Gasteiger partial charge in [0.2, 0.25) is 5.95 Å². The number of rotatable bonds is 5. The maximum Gasteiger partial charge on any atom is 0.419 e. The number of alkyl halides is 3. The molecule has 3 nitrogen and oxygen atoms in total. The highest BCUT2D eigenvalue weighted by atomic mass is 19.4. The lowest BCUT2D eigenvalue weighted by atomic mass is 10.2. The molecule has 0 radical (unpaired) electrons. The van der Waals surface area contributed by atoms with E-state index in [0.717, 1.165) is 6.07 Å². The number of para-hydroxylation sites is 1. The summed E-state index contributed by atoms with van der Waals surface area (Å²) < 4.78 is 56.1. The summed E-state index contributed by atoms with van der Waals surface area (Å²) in [5.74, 6) is -0.579. The van der Waals surface area contributed by atoms with Crippen molar-refractivity contribution in [3.63, 3.8) is 0 Å². The van der Waals surface area contributed by atoms with E-state index in [9.17, 15) is 17.6 Å². The van der Waals surface area contributed by atoms with Gasteiger partial charge in [0.1, 0.15) is 18.2 Å². The molecule has 7 heteroatoms. The van der Waals surface area contributed by atoms with E-state index in [1.807, 2.05) is 0 Å². The van der Waals surface area contributed by atoms with E-state index >= 15 is 0 Å². The fraction of sp³-hybridized carbons (Fsp3) is 0.214. The van der Waals surface area contributed by atoms with E-state index in [1.165, 1.54) is 30.3 Å². The Balaban J connectivity index is 1.90. The third-order valence-corrected chi connectivity index (χ3v) is 2.57. The van der Waals surface area contributed by atoms with Gasteiger partial charge < -0.3 is 10.1 Å². The van der Waals surface area contributed by atoms with Gasteiger partial charge in [-0.05, 0) is 24.3 Å². The molecule has 1 aromatic carbocycles. The van der Waals surface area contributed by atoms with E-state index in [-0.39, 0.29) is 18.9 Å². The van der Waals surface area contributed by atoms with Crippen LogP contribution in [0.15, 0.2) is 42.5 Å². The number of anilines is 1. The van der Waals surface area contributed by atoms with Crippen molar-refractivity contribution in [2.75, 3.05) is 18.5 Å². The molecular weight excluding hydrogens is 288 g/mol. The highest BCUT2D eigenvalue weighted by Crippen LogP contribution is 2.35. The van der Waals surface area contributed by atoms with Gasteiger partial charge in [-0.15, -0.1) is 0 Å². The molecule has 112 valence electrons. The molecule has 2 aromatic rings. The zero-order valence-corrected chi connectivity index (χ0v) is 10.8. The summed E-state index contributed by atoms with van der Waals surface area (Å²) in [7, 11) is 0. The number of hydrogen-bond acceptors (Lipinski definition) is 3. The molecule has 0 saturated carbocycles. The van der Waals surface area contributed by atoms with Crippen LogP contribution in [0.1, 0.15) is 5.56 Å². The van der Waals surface area contributed by atoms with E-state index in [4.69, 9.17) is 4.74 Å². The van der Waals surface area contributed by atoms with Crippen LogP contribution in [0.3, 0.4) is 0 Å². The van der Waals surface area contributed by atoms with Crippen molar-refractivity contribution in [1.82, 2.24) is 4.98 Å². The number of hydrogen-bond donors (Lipinski definition) is 1. The van der Waals surface area contributed by atoms with Gasteiger partial charge in [-0.2, -0.15) is 17.6 Å². The van der Waals surface area contributed by atoms with Gasteiger partial charge in [-0.3, -0.25) is 0 Å². The summed E-state index contributed by atoms with van der Waals surface area (Å²) in [5, 5.41) is 2.76. The van der Waals surface area contributed by atoms with Gasteiger partial charge in [0, 0.05) is 0 Å². The molecule has 0 bridgehead atoms. The second kappa shape index (κ2) is 6.43. The zero-order valence-electron chi connectivity index (χ0n) is 10.8. The molecule has 1 aromatic heterocycles. The van der Waals surface area contributed by atoms with E-state index in [1.54, 1.807) is 6.07 Å². The van der Waals surface area contributed by atoms with E-state index in [0.29, 0.717) is 5.82 Å². The molecule has 0 atom stereocenters. The third kappa shape index (κ3) is 4.34. The van der Waals surface area contributed by atoms with Crippen LogP contribution >= 0.6 is 0 Å². The molecule has 2 rings (SSSR count). The van der Waals surface area contributed by atoms with Crippen molar-refractivity contribution in [2.45, 2.75) is 6.18 Å². The quantitative estimate of drug-likeness (QED) is 0.519. The van der Waals surface area contributed by atoms with Gasteiger partial charge >= 0.3 is 6.18 Å². The second-order valence-electron chi connectivity index (χ2n) is 4.11. The SMILES string of the molecule is Fc1cccc(NCCOc2ccccc2C(F)(F)F)n1. The summed E-state index contributed by atoms with van der Waals surface area (Å²) in [6.07, 6.45) is -4.46. The lowest BCUT2D eigenvalue weighted by Gasteiger charge is -2.14.